The van der Waals surface area contributed by atoms with Gasteiger partial charge in [-0.25, -0.2) is 4.98 Å². The molecule has 0 aromatic carbocycles. The maximum atomic E-state index is 4.95. The highest BCUT2D eigenvalue weighted by molar-refractivity contribution is 5.17. The average molecular weight is 181 g/mol. The largest absolute Gasteiger partial charge is 0.481 e. The molecule has 1 aromatic heterocycles. The van der Waals surface area contributed by atoms with Crippen LogP contribution in [0.3, 0.4) is 0 Å². The van der Waals surface area contributed by atoms with Gasteiger partial charge in [0.15, 0.2) is 0 Å². The van der Waals surface area contributed by atoms with E-state index in [0.717, 1.165) is 12.1 Å². The lowest BCUT2D eigenvalue weighted by Gasteiger charge is -2.11. The Morgan fingerprint density at radius 1 is 1.46 bits per heavy atom. The lowest BCUT2D eigenvalue weighted by atomic mass is 10.3. The third-order valence-corrected chi connectivity index (χ3v) is 1.61. The maximum absolute atomic E-state index is 4.95. The highest BCUT2D eigenvalue weighted by Gasteiger charge is 1.95. The normalized spacial score (nSPS) is 10.5. The molecule has 0 amide bonds. The molecule has 0 radical (unpaired) electrons. The van der Waals surface area contributed by atoms with E-state index >= 15 is 0 Å². The second kappa shape index (κ2) is 4.79. The Hall–Kier alpha value is -1.13. The first-order valence-electron chi connectivity index (χ1n) is 4.12. The molecule has 0 saturated heterocycles. The first kappa shape index (κ1) is 9.95. The number of rotatable bonds is 4. The van der Waals surface area contributed by atoms with Gasteiger partial charge in [-0.15, -0.1) is 0 Å². The van der Waals surface area contributed by atoms with Gasteiger partial charge in [-0.3, -0.25) is 10.4 Å². The summed E-state index contributed by atoms with van der Waals surface area (Å²) in [6, 6.07) is 3.84. The predicted octanol–water partition coefficient (Wildman–Crippen LogP) is 0.656. The molecule has 0 aliphatic rings. The minimum absolute atomic E-state index is 0.647. The second-order valence-electron chi connectivity index (χ2n) is 2.94. The van der Waals surface area contributed by atoms with Crippen molar-refractivity contribution in [1.82, 2.24) is 15.4 Å². The zero-order valence-electron chi connectivity index (χ0n) is 8.24. The Bertz CT molecular complexity index is 246. The van der Waals surface area contributed by atoms with E-state index in [1.54, 1.807) is 13.3 Å². The third-order valence-electron chi connectivity index (χ3n) is 1.61. The molecular weight excluding hydrogens is 166 g/mol. The average Bonchev–Trinajstić information content (AvgIpc) is 2.15. The molecular formula is C9H15N3O. The van der Waals surface area contributed by atoms with Gasteiger partial charge in [0.2, 0.25) is 5.88 Å². The van der Waals surface area contributed by atoms with Crippen LogP contribution in [0.1, 0.15) is 5.56 Å². The molecule has 0 bridgehead atoms. The SMILES string of the molecule is COc1ccc(CNN(C)C)cn1. The molecule has 1 N–H and O–H groups in total. The van der Waals surface area contributed by atoms with Gasteiger partial charge in [-0.2, -0.15) is 0 Å². The van der Waals surface area contributed by atoms with Gasteiger partial charge in [0.1, 0.15) is 0 Å². The third kappa shape index (κ3) is 3.40. The van der Waals surface area contributed by atoms with Gasteiger partial charge in [-0.05, 0) is 5.56 Å². The monoisotopic (exact) mass is 181 g/mol. The van der Waals surface area contributed by atoms with E-state index in [1.165, 1.54) is 0 Å². The molecule has 0 spiro atoms. The van der Waals surface area contributed by atoms with Gasteiger partial charge in [0.05, 0.1) is 7.11 Å². The van der Waals surface area contributed by atoms with E-state index in [2.05, 4.69) is 10.4 Å². The Morgan fingerprint density at radius 2 is 2.23 bits per heavy atom. The molecule has 1 heterocycles. The number of nitrogens with zero attached hydrogens (tertiary/aromatic N) is 2. The molecule has 0 fully saturated rings. The Kier molecular flexibility index (Phi) is 3.67. The summed E-state index contributed by atoms with van der Waals surface area (Å²) >= 11 is 0. The van der Waals surface area contributed by atoms with Crippen LogP contribution >= 0.6 is 0 Å². The molecule has 1 aromatic rings. The zero-order chi connectivity index (χ0) is 9.68. The van der Waals surface area contributed by atoms with Crippen LogP contribution in [0.15, 0.2) is 18.3 Å². The van der Waals surface area contributed by atoms with Crippen molar-refractivity contribution in [3.8, 4) is 5.88 Å². The lowest BCUT2D eigenvalue weighted by Crippen LogP contribution is -2.29. The summed E-state index contributed by atoms with van der Waals surface area (Å²) in [7, 11) is 5.52. The molecule has 0 saturated carbocycles. The standard InChI is InChI=1S/C9H15N3O/c1-12(2)11-7-8-4-5-9(13-3)10-6-8/h4-6,11H,7H2,1-3H3. The highest BCUT2D eigenvalue weighted by Crippen LogP contribution is 2.05. The summed E-state index contributed by atoms with van der Waals surface area (Å²) in [6.07, 6.45) is 1.80. The number of pyridine rings is 1. The van der Waals surface area contributed by atoms with E-state index in [-0.39, 0.29) is 0 Å². The highest BCUT2D eigenvalue weighted by atomic mass is 16.5. The van der Waals surface area contributed by atoms with Crippen LogP contribution in [-0.2, 0) is 6.54 Å². The molecule has 72 valence electrons. The van der Waals surface area contributed by atoms with E-state index in [4.69, 9.17) is 4.74 Å². The fourth-order valence-electron chi connectivity index (χ4n) is 0.886. The van der Waals surface area contributed by atoms with Crippen LogP contribution in [-0.4, -0.2) is 31.2 Å². The Balaban J connectivity index is 2.49. The number of aromatic nitrogens is 1. The number of nitrogens with one attached hydrogen (secondary N) is 1. The van der Waals surface area contributed by atoms with Crippen molar-refractivity contribution in [2.45, 2.75) is 6.54 Å². The van der Waals surface area contributed by atoms with Crippen LogP contribution in [0.4, 0.5) is 0 Å². The van der Waals surface area contributed by atoms with Gasteiger partial charge in [-0.1, -0.05) is 6.07 Å². The Labute approximate surface area is 78.5 Å². The van der Waals surface area contributed by atoms with Gasteiger partial charge >= 0.3 is 0 Å². The van der Waals surface area contributed by atoms with Crippen LogP contribution in [0.2, 0.25) is 0 Å². The summed E-state index contributed by atoms with van der Waals surface area (Å²) in [4.78, 5) is 4.09. The van der Waals surface area contributed by atoms with E-state index in [0.29, 0.717) is 5.88 Å². The maximum Gasteiger partial charge on any atom is 0.212 e. The quantitative estimate of drug-likeness (QED) is 0.692. The van der Waals surface area contributed by atoms with Crippen molar-refractivity contribution in [2.75, 3.05) is 21.2 Å². The number of hydrazine groups is 1. The fourth-order valence-corrected chi connectivity index (χ4v) is 0.886. The summed E-state index contributed by atoms with van der Waals surface area (Å²) in [5.74, 6) is 0.647. The van der Waals surface area contributed by atoms with Crippen molar-refractivity contribution >= 4 is 0 Å². The lowest BCUT2D eigenvalue weighted by molar-refractivity contribution is 0.285. The van der Waals surface area contributed by atoms with Gasteiger partial charge in [0, 0.05) is 32.9 Å². The van der Waals surface area contributed by atoms with E-state index < -0.39 is 0 Å². The van der Waals surface area contributed by atoms with E-state index in [1.807, 2.05) is 31.2 Å². The van der Waals surface area contributed by atoms with Crippen LogP contribution in [0.5, 0.6) is 5.88 Å². The minimum Gasteiger partial charge on any atom is -0.481 e. The first-order chi connectivity index (χ1) is 6.22. The van der Waals surface area contributed by atoms with Crippen LogP contribution in [0, 0.1) is 0 Å². The number of hydrogen-bond donors (Lipinski definition) is 1. The van der Waals surface area contributed by atoms with Gasteiger partial charge < -0.3 is 4.74 Å². The molecule has 4 heteroatoms. The first-order valence-corrected chi connectivity index (χ1v) is 4.12. The summed E-state index contributed by atoms with van der Waals surface area (Å²) < 4.78 is 4.95. The van der Waals surface area contributed by atoms with Crippen molar-refractivity contribution in [3.05, 3.63) is 23.9 Å². The van der Waals surface area contributed by atoms with Crippen molar-refractivity contribution in [1.29, 1.82) is 0 Å². The molecule has 0 aliphatic heterocycles. The molecule has 0 unspecified atom stereocenters. The topological polar surface area (TPSA) is 37.4 Å². The van der Waals surface area contributed by atoms with Crippen molar-refractivity contribution < 1.29 is 4.74 Å². The number of hydrogen-bond acceptors (Lipinski definition) is 4. The van der Waals surface area contributed by atoms with Crippen LogP contribution in [0.25, 0.3) is 0 Å². The van der Waals surface area contributed by atoms with Crippen molar-refractivity contribution in [3.63, 3.8) is 0 Å². The molecule has 0 atom stereocenters. The van der Waals surface area contributed by atoms with E-state index in [9.17, 15) is 0 Å². The molecule has 13 heavy (non-hydrogen) atoms. The zero-order valence-corrected chi connectivity index (χ0v) is 8.24. The predicted molar refractivity (Wildman–Crippen MR) is 51.3 cm³/mol. The molecule has 4 nitrogen and oxygen atoms in total. The fraction of sp³-hybridized carbons (Fsp3) is 0.444. The minimum atomic E-state index is 0.647. The summed E-state index contributed by atoms with van der Waals surface area (Å²) in [6.45, 7) is 0.782. The van der Waals surface area contributed by atoms with Gasteiger partial charge in [0.25, 0.3) is 0 Å². The molecule has 1 rings (SSSR count). The summed E-state index contributed by atoms with van der Waals surface area (Å²) in [5.41, 5.74) is 4.29. The number of ether oxygens (including phenoxy) is 1. The smallest absolute Gasteiger partial charge is 0.212 e. The van der Waals surface area contributed by atoms with Crippen LogP contribution < -0.4 is 10.2 Å². The molecule has 0 aliphatic carbocycles. The Morgan fingerprint density at radius 3 is 2.69 bits per heavy atom. The van der Waals surface area contributed by atoms with Crippen molar-refractivity contribution in [2.24, 2.45) is 0 Å². The summed E-state index contributed by atoms with van der Waals surface area (Å²) in [5, 5.41) is 1.91. The number of methoxy groups -OCH3 is 1. The second-order valence-corrected chi connectivity index (χ2v) is 2.94.